The SMILES string of the molecule is NCC1NCNC1=O. The molecule has 1 aliphatic heterocycles. The van der Waals surface area contributed by atoms with Crippen LogP contribution in [0.5, 0.6) is 0 Å². The van der Waals surface area contributed by atoms with Crippen molar-refractivity contribution in [2.75, 3.05) is 13.2 Å². The summed E-state index contributed by atoms with van der Waals surface area (Å²) in [6, 6.07) is -0.157. The molecular weight excluding hydrogens is 106 g/mol. The Hall–Kier alpha value is -0.610. The third-order valence-electron chi connectivity index (χ3n) is 1.16. The van der Waals surface area contributed by atoms with E-state index in [1.807, 2.05) is 0 Å². The highest BCUT2D eigenvalue weighted by Gasteiger charge is 2.20. The molecule has 0 radical (unpaired) electrons. The van der Waals surface area contributed by atoms with Crippen LogP contribution in [0.1, 0.15) is 0 Å². The minimum absolute atomic E-state index is 0.00694. The molecule has 1 fully saturated rings. The summed E-state index contributed by atoms with van der Waals surface area (Å²) in [5, 5.41) is 5.46. The molecule has 0 saturated carbocycles. The zero-order chi connectivity index (χ0) is 5.98. The van der Waals surface area contributed by atoms with Crippen LogP contribution < -0.4 is 16.4 Å². The summed E-state index contributed by atoms with van der Waals surface area (Å²) in [5.74, 6) is 0.00694. The summed E-state index contributed by atoms with van der Waals surface area (Å²) in [6.07, 6.45) is 0. The molecule has 0 bridgehead atoms. The Bertz CT molecular complexity index is 103. The number of rotatable bonds is 1. The van der Waals surface area contributed by atoms with E-state index >= 15 is 0 Å². The molecule has 0 spiro atoms. The molecule has 0 aliphatic carbocycles. The normalized spacial score (nSPS) is 28.1. The molecule has 1 saturated heterocycles. The predicted octanol–water partition coefficient (Wildman–Crippen LogP) is -2.01. The summed E-state index contributed by atoms with van der Waals surface area (Å²) in [6.45, 7) is 0.937. The van der Waals surface area contributed by atoms with E-state index in [0.717, 1.165) is 0 Å². The van der Waals surface area contributed by atoms with Crippen molar-refractivity contribution in [3.63, 3.8) is 0 Å². The van der Waals surface area contributed by atoms with E-state index < -0.39 is 0 Å². The van der Waals surface area contributed by atoms with Crippen molar-refractivity contribution < 1.29 is 4.79 Å². The first-order valence-corrected chi connectivity index (χ1v) is 2.56. The Morgan fingerprint density at radius 3 is 2.88 bits per heavy atom. The van der Waals surface area contributed by atoms with E-state index in [4.69, 9.17) is 5.73 Å². The first-order chi connectivity index (χ1) is 3.84. The first-order valence-electron chi connectivity index (χ1n) is 2.56. The van der Waals surface area contributed by atoms with Crippen LogP contribution in [-0.4, -0.2) is 25.2 Å². The summed E-state index contributed by atoms with van der Waals surface area (Å²) in [7, 11) is 0. The van der Waals surface area contributed by atoms with E-state index in [1.165, 1.54) is 0 Å². The van der Waals surface area contributed by atoms with Gasteiger partial charge in [0.1, 0.15) is 6.04 Å². The fraction of sp³-hybridized carbons (Fsp3) is 0.750. The minimum atomic E-state index is -0.157. The highest BCUT2D eigenvalue weighted by Crippen LogP contribution is 1.84. The minimum Gasteiger partial charge on any atom is -0.342 e. The zero-order valence-corrected chi connectivity index (χ0v) is 4.48. The Morgan fingerprint density at radius 2 is 2.62 bits per heavy atom. The Labute approximate surface area is 47.4 Å². The number of hydrogen-bond donors (Lipinski definition) is 3. The molecule has 4 N–H and O–H groups in total. The van der Waals surface area contributed by atoms with Gasteiger partial charge in [-0.05, 0) is 0 Å². The number of nitrogens with two attached hydrogens (primary N) is 1. The second-order valence-electron chi connectivity index (χ2n) is 1.71. The van der Waals surface area contributed by atoms with Crippen molar-refractivity contribution >= 4 is 5.91 Å². The molecule has 0 aromatic carbocycles. The van der Waals surface area contributed by atoms with Gasteiger partial charge in [-0.1, -0.05) is 0 Å². The molecule has 46 valence electrons. The zero-order valence-electron chi connectivity index (χ0n) is 4.48. The highest BCUT2D eigenvalue weighted by molar-refractivity contribution is 5.83. The Balaban J connectivity index is 2.42. The van der Waals surface area contributed by atoms with Crippen LogP contribution in [0.3, 0.4) is 0 Å². The van der Waals surface area contributed by atoms with Crippen molar-refractivity contribution in [2.24, 2.45) is 5.73 Å². The van der Waals surface area contributed by atoms with E-state index in [9.17, 15) is 4.79 Å². The van der Waals surface area contributed by atoms with Gasteiger partial charge in [0.2, 0.25) is 5.91 Å². The molecule has 1 atom stereocenters. The standard InChI is InChI=1S/C4H9N3O/c5-1-3-4(8)7-2-6-3/h3,6H,1-2,5H2,(H,7,8). The second-order valence-corrected chi connectivity index (χ2v) is 1.71. The maximum Gasteiger partial charge on any atom is 0.239 e. The van der Waals surface area contributed by atoms with Gasteiger partial charge in [-0.25, -0.2) is 0 Å². The van der Waals surface area contributed by atoms with Gasteiger partial charge in [-0.3, -0.25) is 10.1 Å². The number of carbonyl (C=O) groups is 1. The highest BCUT2D eigenvalue weighted by atomic mass is 16.2. The van der Waals surface area contributed by atoms with Crippen LogP contribution >= 0.6 is 0 Å². The lowest BCUT2D eigenvalue weighted by Gasteiger charge is -1.99. The van der Waals surface area contributed by atoms with Crippen LogP contribution in [0, 0.1) is 0 Å². The van der Waals surface area contributed by atoms with Gasteiger partial charge < -0.3 is 11.1 Å². The Kier molecular flexibility index (Phi) is 1.45. The summed E-state index contributed by atoms with van der Waals surface area (Å²) in [5.41, 5.74) is 5.20. The smallest absolute Gasteiger partial charge is 0.239 e. The molecular formula is C4H9N3O. The topological polar surface area (TPSA) is 67.2 Å². The average Bonchev–Trinajstić information content (AvgIpc) is 2.14. The maximum atomic E-state index is 10.6. The molecule has 1 amide bonds. The Morgan fingerprint density at radius 1 is 1.88 bits per heavy atom. The van der Waals surface area contributed by atoms with Crippen molar-refractivity contribution in [3.05, 3.63) is 0 Å². The number of carbonyl (C=O) groups excluding carboxylic acids is 1. The van der Waals surface area contributed by atoms with Crippen LogP contribution in [-0.2, 0) is 4.79 Å². The molecule has 1 unspecified atom stereocenters. The molecule has 1 aliphatic rings. The lowest BCUT2D eigenvalue weighted by Crippen LogP contribution is -2.35. The van der Waals surface area contributed by atoms with Gasteiger partial charge in [-0.2, -0.15) is 0 Å². The largest absolute Gasteiger partial charge is 0.342 e. The van der Waals surface area contributed by atoms with E-state index in [0.29, 0.717) is 13.2 Å². The molecule has 0 aromatic rings. The molecule has 4 heteroatoms. The van der Waals surface area contributed by atoms with Crippen molar-refractivity contribution in [1.29, 1.82) is 0 Å². The monoisotopic (exact) mass is 115 g/mol. The van der Waals surface area contributed by atoms with E-state index in [2.05, 4.69) is 10.6 Å². The quantitative estimate of drug-likeness (QED) is 0.370. The van der Waals surface area contributed by atoms with Crippen molar-refractivity contribution in [2.45, 2.75) is 6.04 Å². The summed E-state index contributed by atoms with van der Waals surface area (Å²) >= 11 is 0. The molecule has 1 heterocycles. The van der Waals surface area contributed by atoms with Gasteiger partial charge in [0, 0.05) is 6.54 Å². The molecule has 0 aromatic heterocycles. The van der Waals surface area contributed by atoms with Crippen LogP contribution in [0.15, 0.2) is 0 Å². The van der Waals surface area contributed by atoms with Gasteiger partial charge >= 0.3 is 0 Å². The average molecular weight is 115 g/mol. The second kappa shape index (κ2) is 2.11. The van der Waals surface area contributed by atoms with Crippen molar-refractivity contribution in [3.8, 4) is 0 Å². The fourth-order valence-corrected chi connectivity index (χ4v) is 0.668. The summed E-state index contributed by atoms with van der Waals surface area (Å²) < 4.78 is 0. The van der Waals surface area contributed by atoms with E-state index in [-0.39, 0.29) is 11.9 Å². The molecule has 8 heavy (non-hydrogen) atoms. The molecule has 4 nitrogen and oxygen atoms in total. The summed E-state index contributed by atoms with van der Waals surface area (Å²) in [4.78, 5) is 10.6. The predicted molar refractivity (Wildman–Crippen MR) is 29.0 cm³/mol. The van der Waals surface area contributed by atoms with Gasteiger partial charge in [-0.15, -0.1) is 0 Å². The van der Waals surface area contributed by atoms with E-state index in [1.54, 1.807) is 0 Å². The third kappa shape index (κ3) is 0.801. The van der Waals surface area contributed by atoms with Gasteiger partial charge in [0.25, 0.3) is 0 Å². The van der Waals surface area contributed by atoms with Gasteiger partial charge in [0.15, 0.2) is 0 Å². The number of nitrogens with one attached hydrogen (secondary N) is 2. The number of hydrogen-bond acceptors (Lipinski definition) is 3. The van der Waals surface area contributed by atoms with Crippen molar-refractivity contribution in [1.82, 2.24) is 10.6 Å². The fourth-order valence-electron chi connectivity index (χ4n) is 0.668. The first kappa shape index (κ1) is 5.53. The number of amides is 1. The van der Waals surface area contributed by atoms with Crippen LogP contribution in [0.4, 0.5) is 0 Å². The van der Waals surface area contributed by atoms with Gasteiger partial charge in [0.05, 0.1) is 6.67 Å². The lowest BCUT2D eigenvalue weighted by atomic mass is 10.3. The van der Waals surface area contributed by atoms with Crippen LogP contribution in [0.25, 0.3) is 0 Å². The third-order valence-corrected chi connectivity index (χ3v) is 1.16. The van der Waals surface area contributed by atoms with Crippen LogP contribution in [0.2, 0.25) is 0 Å². The lowest BCUT2D eigenvalue weighted by molar-refractivity contribution is -0.120. The maximum absolute atomic E-state index is 10.6. The molecule has 1 rings (SSSR count).